The van der Waals surface area contributed by atoms with E-state index in [2.05, 4.69) is 322 Å². The molecule has 12 aromatic carbocycles. The number of ether oxygens (including phenoxy) is 6. The molecule has 0 saturated heterocycles. The Morgan fingerprint density at radius 3 is 1.29 bits per heavy atom. The normalized spacial score (nSPS) is 18.4. The van der Waals surface area contributed by atoms with E-state index in [1.165, 1.54) is 47.4 Å². The molecule has 0 spiro atoms. The summed E-state index contributed by atoms with van der Waals surface area (Å²) in [6, 6.07) is 97.3. The van der Waals surface area contributed by atoms with Gasteiger partial charge in [0, 0.05) is 54.8 Å². The van der Waals surface area contributed by atoms with Crippen LogP contribution in [0.1, 0.15) is 138 Å². The van der Waals surface area contributed by atoms with Gasteiger partial charge in [-0.3, -0.25) is 0 Å². The molecule has 12 heteroatoms. The number of benzene rings is 12. The van der Waals surface area contributed by atoms with Gasteiger partial charge in [0.2, 0.25) is 0 Å². The fraction of sp³-hybridized carbons (Fsp3) is 0.265. The van der Waals surface area contributed by atoms with Crippen LogP contribution < -0.4 is 14.2 Å². The van der Waals surface area contributed by atoms with Crippen molar-refractivity contribution in [1.82, 2.24) is 0 Å². The maximum atomic E-state index is 14.5. The highest BCUT2D eigenvalue weighted by Gasteiger charge is 2.44. The van der Waals surface area contributed by atoms with E-state index >= 15 is 0 Å². The van der Waals surface area contributed by atoms with Crippen LogP contribution in [0.25, 0.3) is 11.1 Å². The molecule has 9 nitrogen and oxygen atoms in total. The average Bonchev–Trinajstić information content (AvgIpc) is 1.05. The van der Waals surface area contributed by atoms with Gasteiger partial charge in [0.05, 0.1) is 32.7 Å². The monoisotopic (exact) mass is 1570 g/mol. The van der Waals surface area contributed by atoms with Crippen LogP contribution in [0, 0.1) is 41.5 Å². The summed E-state index contributed by atoms with van der Waals surface area (Å²) in [6.45, 7) is 18.0. The minimum Gasteiger partial charge on any atom is -0.481 e. The Hall–Kier alpha value is -10.5. The molecule has 3 aliphatic rings. The van der Waals surface area contributed by atoms with E-state index in [0.29, 0.717) is 42.9 Å². The van der Waals surface area contributed by atoms with Crippen LogP contribution in [0.2, 0.25) is 0 Å². The van der Waals surface area contributed by atoms with Gasteiger partial charge in [0.15, 0.2) is 63.9 Å². The Balaban J connectivity index is 0.635. The molecule has 0 heterocycles. The van der Waals surface area contributed by atoms with Gasteiger partial charge in [0.25, 0.3) is 0 Å². The molecule has 0 fully saturated rings. The SMILES string of the molecule is Cc1cc([S+](c2ccccc2)c2cccc(C3Cc4ccccc4CCC3(C)OC(=O)COc3c(C)cc([S+](c4ccccc4)c4ccccc4)cc3C)c2)cc(C)c1OCC(=O)OC1(C)CCCc2cccc(-c3cccc([S+](c4ccccc4)c4cc(C)c(OCC(=O)OC5(C)CCCCc6ccccc65)c(C)c4)c3)c2C1. The van der Waals surface area contributed by atoms with Gasteiger partial charge in [-0.1, -0.05) is 164 Å². The first-order chi connectivity index (χ1) is 55.3. The van der Waals surface area contributed by atoms with Crippen molar-refractivity contribution in [2.75, 3.05) is 19.8 Å². The van der Waals surface area contributed by atoms with Gasteiger partial charge in [-0.15, -0.1) is 0 Å². The van der Waals surface area contributed by atoms with E-state index in [1.807, 2.05) is 13.0 Å². The zero-order valence-electron chi connectivity index (χ0n) is 66.9. The van der Waals surface area contributed by atoms with Gasteiger partial charge in [0.1, 0.15) is 34.1 Å². The van der Waals surface area contributed by atoms with Crippen LogP contribution in [-0.4, -0.2) is 48.9 Å². The largest absolute Gasteiger partial charge is 0.481 e. The van der Waals surface area contributed by atoms with Gasteiger partial charge in [-0.25, -0.2) is 14.4 Å². The maximum Gasteiger partial charge on any atom is 0.345 e. The topological polar surface area (TPSA) is 107 Å². The fourth-order valence-electron chi connectivity index (χ4n) is 17.5. The number of carbonyl (C=O) groups excluding carboxylic acids is 3. The summed E-state index contributed by atoms with van der Waals surface area (Å²) in [4.78, 5) is 53.3. The van der Waals surface area contributed by atoms with Crippen molar-refractivity contribution >= 4 is 50.6 Å². The highest BCUT2D eigenvalue weighted by atomic mass is 32.2. The summed E-state index contributed by atoms with van der Waals surface area (Å²) in [5, 5.41) is 0. The number of rotatable bonds is 23. The lowest BCUT2D eigenvalue weighted by molar-refractivity contribution is -0.164. The lowest BCUT2D eigenvalue weighted by atomic mass is 9.79. The molecule has 114 heavy (non-hydrogen) atoms. The summed E-state index contributed by atoms with van der Waals surface area (Å²) < 4.78 is 39.3. The first kappa shape index (κ1) is 78.8. The summed E-state index contributed by atoms with van der Waals surface area (Å²) in [5.74, 6) is 0.672. The van der Waals surface area contributed by atoms with Crippen LogP contribution in [0.4, 0.5) is 0 Å². The summed E-state index contributed by atoms with van der Waals surface area (Å²) >= 11 is 0. The second-order valence-corrected chi connectivity index (χ2v) is 37.7. The van der Waals surface area contributed by atoms with E-state index < -0.39 is 50.5 Å². The van der Waals surface area contributed by atoms with Crippen LogP contribution in [0.5, 0.6) is 17.2 Å². The van der Waals surface area contributed by atoms with E-state index in [9.17, 15) is 14.4 Å². The quantitative estimate of drug-likeness (QED) is 0.0268. The minimum atomic E-state index is -0.885. The molecule has 0 N–H and O–H groups in total. The number of carbonyl (C=O) groups is 3. The highest BCUT2D eigenvalue weighted by Crippen LogP contribution is 2.47. The Bertz CT molecular complexity index is 5370. The molecule has 578 valence electrons. The summed E-state index contributed by atoms with van der Waals surface area (Å²) in [7, 11) is -1.43. The smallest absolute Gasteiger partial charge is 0.345 e. The standard InChI is InChI=1S/C102H101O9S3/c1-69-56-87(112(81-40-14-10-15-41-81)82-42-16-11-17-43-82)57-70(2)98(69)108-68-96(105)111-102(9)55-52-75-32-22-23-35-78(75)64-93(102)80-38-29-49-86(63-80)114(84-46-20-13-21-47-84)89-60-71(3)97(72(4)61-89)106-66-94(103)109-100(7)53-31-39-76-36-30-50-90(91(76)65-100)79-37-28-48-85(62-79)113(83-44-18-12-19-45-83)88-58-73(5)99(74(6)59-88)107-67-95(104)110-101(8)54-27-26-34-77-33-24-25-51-92(77)101/h10-25,28-30,32-33,35-38,40-51,56-63,93H,26-27,31,34,39,52-55,64-68H2,1-9H3/q+3. The van der Waals surface area contributed by atoms with Crippen molar-refractivity contribution in [2.45, 2.75) is 200 Å². The van der Waals surface area contributed by atoms with E-state index in [4.69, 9.17) is 28.4 Å². The molecule has 15 rings (SSSR count). The predicted molar refractivity (Wildman–Crippen MR) is 459 cm³/mol. The predicted octanol–water partition coefficient (Wildman–Crippen LogP) is 23.0. The second-order valence-electron chi connectivity index (χ2n) is 31.6. The molecule has 0 amide bonds. The fourth-order valence-corrected chi connectivity index (χ4v) is 24.4. The van der Waals surface area contributed by atoms with Crippen molar-refractivity contribution in [3.05, 3.63) is 345 Å². The first-order valence-corrected chi connectivity index (χ1v) is 43.7. The van der Waals surface area contributed by atoms with Crippen molar-refractivity contribution < 1.29 is 42.8 Å². The molecule has 6 unspecified atom stereocenters. The Kier molecular flexibility index (Phi) is 24.0. The lowest BCUT2D eigenvalue weighted by Gasteiger charge is -2.36. The molecule has 0 saturated carbocycles. The van der Waals surface area contributed by atoms with Gasteiger partial charge < -0.3 is 28.4 Å². The first-order valence-electron chi connectivity index (χ1n) is 40.0. The number of hydrogen-bond donors (Lipinski definition) is 0. The maximum absolute atomic E-state index is 14.5. The average molecular weight is 1570 g/mol. The van der Waals surface area contributed by atoms with Gasteiger partial charge in [-0.2, -0.15) is 0 Å². The Morgan fingerprint density at radius 2 is 0.763 bits per heavy atom. The molecule has 3 aliphatic carbocycles. The zero-order valence-corrected chi connectivity index (χ0v) is 69.3. The molecular weight excluding hydrogens is 1470 g/mol. The molecule has 12 aromatic rings. The molecule has 0 radical (unpaired) electrons. The number of fused-ring (bicyclic) bond motifs is 3. The zero-order chi connectivity index (χ0) is 79.1. The van der Waals surface area contributed by atoms with E-state index in [1.54, 1.807) is 0 Å². The van der Waals surface area contributed by atoms with E-state index in [-0.39, 0.29) is 42.6 Å². The number of esters is 3. The Morgan fingerprint density at radius 1 is 0.351 bits per heavy atom. The number of hydrogen-bond acceptors (Lipinski definition) is 9. The third-order valence-corrected chi connectivity index (χ3v) is 29.5. The third kappa shape index (κ3) is 17.6. The van der Waals surface area contributed by atoms with Crippen molar-refractivity contribution in [1.29, 1.82) is 0 Å². The summed E-state index contributed by atoms with van der Waals surface area (Å²) in [5.41, 5.74) is 13.9. The second kappa shape index (κ2) is 34.7. The van der Waals surface area contributed by atoms with Crippen molar-refractivity contribution in [3.63, 3.8) is 0 Å². The van der Waals surface area contributed by atoms with Crippen LogP contribution in [0.3, 0.4) is 0 Å². The molecule has 0 bridgehead atoms. The van der Waals surface area contributed by atoms with Gasteiger partial charge in [-0.05, 0) is 277 Å². The van der Waals surface area contributed by atoms with E-state index in [0.717, 1.165) is 125 Å². The minimum absolute atomic E-state index is 0.185. The van der Waals surface area contributed by atoms with Crippen molar-refractivity contribution in [3.8, 4) is 28.4 Å². The number of aryl methyl sites for hydroxylation is 9. The van der Waals surface area contributed by atoms with Crippen LogP contribution in [0.15, 0.2) is 317 Å². The molecule has 6 atom stereocenters. The molecule has 0 aliphatic heterocycles. The highest BCUT2D eigenvalue weighted by molar-refractivity contribution is 7.97. The van der Waals surface area contributed by atoms with Crippen molar-refractivity contribution in [2.24, 2.45) is 0 Å². The lowest BCUT2D eigenvalue weighted by Crippen LogP contribution is -2.40. The molecular formula is C102H101O9S3+3. The van der Waals surface area contributed by atoms with Crippen LogP contribution in [-0.2, 0) is 99.0 Å². The third-order valence-electron chi connectivity index (χ3n) is 22.9. The molecule has 0 aromatic heterocycles. The van der Waals surface area contributed by atoms with Crippen LogP contribution >= 0.6 is 0 Å². The summed E-state index contributed by atoms with van der Waals surface area (Å²) in [6.07, 6.45) is 8.85. The Labute approximate surface area is 681 Å². The van der Waals surface area contributed by atoms with Gasteiger partial charge >= 0.3 is 17.9 Å².